The zero-order chi connectivity index (χ0) is 12.5. The summed E-state index contributed by atoms with van der Waals surface area (Å²) < 4.78 is 15.5. The molecule has 1 rings (SSSR count). The van der Waals surface area contributed by atoms with Crippen molar-refractivity contribution in [2.45, 2.75) is 12.3 Å². The normalized spacial score (nSPS) is 12.9. The highest BCUT2D eigenvalue weighted by atomic mass is 16.7. The molecule has 0 fully saturated rings. The van der Waals surface area contributed by atoms with E-state index >= 15 is 0 Å². The van der Waals surface area contributed by atoms with E-state index in [-0.39, 0.29) is 12.3 Å². The second-order valence-corrected chi connectivity index (χ2v) is 3.73. The van der Waals surface area contributed by atoms with Crippen molar-refractivity contribution in [2.24, 2.45) is 0 Å². The minimum atomic E-state index is -0.238. The van der Waals surface area contributed by atoms with Crippen LogP contribution < -0.4 is 5.32 Å². The molecule has 0 amide bonds. The average molecular weight is 239 g/mol. The number of ether oxygens (including phenoxy) is 3. The predicted molar refractivity (Wildman–Crippen MR) is 66.9 cm³/mol. The van der Waals surface area contributed by atoms with Gasteiger partial charge in [-0.25, -0.2) is 0 Å². The largest absolute Gasteiger partial charge is 0.383 e. The lowest BCUT2D eigenvalue weighted by atomic mass is 10.1. The minimum Gasteiger partial charge on any atom is -0.383 e. The molecule has 0 saturated heterocycles. The summed E-state index contributed by atoms with van der Waals surface area (Å²) in [6, 6.07) is 10.3. The molecule has 0 saturated carbocycles. The number of benzene rings is 1. The number of rotatable bonds is 8. The van der Waals surface area contributed by atoms with Crippen LogP contribution in [0.1, 0.15) is 11.6 Å². The molecular formula is C13H21NO3. The van der Waals surface area contributed by atoms with Crippen LogP contribution in [0, 0.1) is 0 Å². The molecule has 0 heterocycles. The molecule has 0 aromatic heterocycles. The molecule has 0 aliphatic carbocycles. The number of hydrogen-bond acceptors (Lipinski definition) is 4. The van der Waals surface area contributed by atoms with Gasteiger partial charge in [0.25, 0.3) is 0 Å². The topological polar surface area (TPSA) is 39.7 Å². The van der Waals surface area contributed by atoms with Crippen LogP contribution >= 0.6 is 0 Å². The molecule has 17 heavy (non-hydrogen) atoms. The standard InChI is InChI=1S/C13H21NO3/c1-15-10-12(11-7-5-4-6-8-11)14-9-13(16-2)17-3/h4-8,12-14H,9-10H2,1-3H3. The first-order chi connectivity index (χ1) is 8.31. The summed E-state index contributed by atoms with van der Waals surface area (Å²) in [6.07, 6.45) is -0.238. The van der Waals surface area contributed by atoms with Crippen LogP contribution in [0.5, 0.6) is 0 Å². The smallest absolute Gasteiger partial charge is 0.169 e. The molecule has 1 aromatic carbocycles. The minimum absolute atomic E-state index is 0.147. The van der Waals surface area contributed by atoms with Gasteiger partial charge in [0.05, 0.1) is 12.6 Å². The van der Waals surface area contributed by atoms with Gasteiger partial charge in [-0.15, -0.1) is 0 Å². The van der Waals surface area contributed by atoms with E-state index in [1.807, 2.05) is 18.2 Å². The van der Waals surface area contributed by atoms with E-state index in [0.29, 0.717) is 13.2 Å². The fourth-order valence-corrected chi connectivity index (χ4v) is 1.63. The van der Waals surface area contributed by atoms with Gasteiger partial charge >= 0.3 is 0 Å². The quantitative estimate of drug-likeness (QED) is 0.699. The van der Waals surface area contributed by atoms with E-state index in [4.69, 9.17) is 14.2 Å². The van der Waals surface area contributed by atoms with Gasteiger partial charge in [0.1, 0.15) is 0 Å². The Morgan fingerprint density at radius 1 is 1.06 bits per heavy atom. The Morgan fingerprint density at radius 2 is 1.71 bits per heavy atom. The van der Waals surface area contributed by atoms with Gasteiger partial charge < -0.3 is 19.5 Å². The molecule has 96 valence electrons. The second kappa shape index (κ2) is 8.20. The number of hydrogen-bond donors (Lipinski definition) is 1. The molecule has 4 heteroatoms. The van der Waals surface area contributed by atoms with Crippen LogP contribution in [0.25, 0.3) is 0 Å². The zero-order valence-electron chi connectivity index (χ0n) is 10.7. The van der Waals surface area contributed by atoms with Crippen LogP contribution in [-0.4, -0.2) is 40.8 Å². The van der Waals surface area contributed by atoms with Crippen LogP contribution in [0.15, 0.2) is 30.3 Å². The summed E-state index contributed by atoms with van der Waals surface area (Å²) in [6.45, 7) is 1.24. The fraction of sp³-hybridized carbons (Fsp3) is 0.538. The zero-order valence-corrected chi connectivity index (χ0v) is 10.7. The Balaban J connectivity index is 2.55. The summed E-state index contributed by atoms with van der Waals surface area (Å²) in [5.74, 6) is 0. The van der Waals surface area contributed by atoms with E-state index in [0.717, 1.165) is 0 Å². The highest BCUT2D eigenvalue weighted by molar-refractivity contribution is 5.18. The molecule has 1 unspecified atom stereocenters. The monoisotopic (exact) mass is 239 g/mol. The molecule has 0 spiro atoms. The van der Waals surface area contributed by atoms with E-state index in [1.54, 1.807) is 21.3 Å². The first-order valence-corrected chi connectivity index (χ1v) is 5.64. The third-order valence-electron chi connectivity index (χ3n) is 2.59. The Labute approximate surface area is 103 Å². The van der Waals surface area contributed by atoms with Crippen molar-refractivity contribution >= 4 is 0 Å². The van der Waals surface area contributed by atoms with Gasteiger partial charge in [0.2, 0.25) is 0 Å². The molecule has 1 N–H and O–H groups in total. The molecule has 0 bridgehead atoms. The molecular weight excluding hydrogens is 218 g/mol. The average Bonchev–Trinajstić information content (AvgIpc) is 2.39. The molecule has 1 atom stereocenters. The van der Waals surface area contributed by atoms with Crippen LogP contribution in [0.3, 0.4) is 0 Å². The summed E-state index contributed by atoms with van der Waals surface area (Å²) in [5.41, 5.74) is 1.19. The molecule has 4 nitrogen and oxygen atoms in total. The van der Waals surface area contributed by atoms with E-state index in [2.05, 4.69) is 17.4 Å². The highest BCUT2D eigenvalue weighted by Gasteiger charge is 2.13. The second-order valence-electron chi connectivity index (χ2n) is 3.73. The molecule has 1 aromatic rings. The predicted octanol–water partition coefficient (Wildman–Crippen LogP) is 1.58. The fourth-order valence-electron chi connectivity index (χ4n) is 1.63. The van der Waals surface area contributed by atoms with Crippen molar-refractivity contribution in [3.63, 3.8) is 0 Å². The maximum Gasteiger partial charge on any atom is 0.169 e. The van der Waals surface area contributed by atoms with Gasteiger partial charge in [0.15, 0.2) is 6.29 Å². The van der Waals surface area contributed by atoms with Gasteiger partial charge in [-0.05, 0) is 5.56 Å². The Kier molecular flexibility index (Phi) is 6.81. The van der Waals surface area contributed by atoms with Gasteiger partial charge in [-0.1, -0.05) is 30.3 Å². The summed E-state index contributed by atoms with van der Waals surface area (Å²) in [7, 11) is 4.95. The first-order valence-electron chi connectivity index (χ1n) is 5.64. The van der Waals surface area contributed by atoms with E-state index < -0.39 is 0 Å². The summed E-state index contributed by atoms with van der Waals surface area (Å²) in [5, 5.41) is 3.36. The third-order valence-corrected chi connectivity index (χ3v) is 2.59. The van der Waals surface area contributed by atoms with Gasteiger partial charge in [-0.3, -0.25) is 0 Å². The molecule has 0 aliphatic heterocycles. The van der Waals surface area contributed by atoms with Crippen LogP contribution in [0.4, 0.5) is 0 Å². The lowest BCUT2D eigenvalue weighted by Crippen LogP contribution is -2.34. The molecule has 0 radical (unpaired) electrons. The highest BCUT2D eigenvalue weighted by Crippen LogP contribution is 2.12. The van der Waals surface area contributed by atoms with Gasteiger partial charge in [0, 0.05) is 27.9 Å². The molecule has 0 aliphatic rings. The maximum absolute atomic E-state index is 5.21. The van der Waals surface area contributed by atoms with Crippen molar-refractivity contribution < 1.29 is 14.2 Å². The Bertz CT molecular complexity index is 288. The Hall–Kier alpha value is -0.940. The van der Waals surface area contributed by atoms with Crippen LogP contribution in [-0.2, 0) is 14.2 Å². The van der Waals surface area contributed by atoms with Gasteiger partial charge in [-0.2, -0.15) is 0 Å². The van der Waals surface area contributed by atoms with Crippen molar-refractivity contribution in [2.75, 3.05) is 34.5 Å². The lowest BCUT2D eigenvalue weighted by Gasteiger charge is -2.21. The lowest BCUT2D eigenvalue weighted by molar-refractivity contribution is -0.101. The third kappa shape index (κ3) is 4.83. The Morgan fingerprint density at radius 3 is 2.24 bits per heavy atom. The summed E-state index contributed by atoms with van der Waals surface area (Å²) >= 11 is 0. The van der Waals surface area contributed by atoms with E-state index in [1.165, 1.54) is 5.56 Å². The first kappa shape index (κ1) is 14.1. The number of nitrogens with one attached hydrogen (secondary N) is 1. The van der Waals surface area contributed by atoms with Crippen molar-refractivity contribution in [3.05, 3.63) is 35.9 Å². The van der Waals surface area contributed by atoms with Crippen molar-refractivity contribution in [1.82, 2.24) is 5.32 Å². The maximum atomic E-state index is 5.21. The number of methoxy groups -OCH3 is 3. The van der Waals surface area contributed by atoms with Crippen molar-refractivity contribution in [1.29, 1.82) is 0 Å². The summed E-state index contributed by atoms with van der Waals surface area (Å²) in [4.78, 5) is 0. The SMILES string of the molecule is COCC(NCC(OC)OC)c1ccccc1. The van der Waals surface area contributed by atoms with Crippen molar-refractivity contribution in [3.8, 4) is 0 Å². The van der Waals surface area contributed by atoms with E-state index in [9.17, 15) is 0 Å². The van der Waals surface area contributed by atoms with Crippen LogP contribution in [0.2, 0.25) is 0 Å².